The third-order valence-electron chi connectivity index (χ3n) is 2.23. The molecule has 96 valence electrons. The molecule has 1 aromatic rings. The van der Waals surface area contributed by atoms with Gasteiger partial charge in [-0.3, -0.25) is 0 Å². The van der Waals surface area contributed by atoms with Gasteiger partial charge >= 0.3 is 6.18 Å². The van der Waals surface area contributed by atoms with E-state index in [4.69, 9.17) is 0 Å². The normalized spacial score (nSPS) is 11.8. The van der Waals surface area contributed by atoms with Crippen molar-refractivity contribution >= 4 is 11.8 Å². The fourth-order valence-corrected chi connectivity index (χ4v) is 2.28. The van der Waals surface area contributed by atoms with Crippen LogP contribution in [0, 0.1) is 0 Å². The Hall–Kier alpha value is -0.680. The minimum Gasteiger partial charge on any atom is -0.316 e. The summed E-state index contributed by atoms with van der Waals surface area (Å²) >= 11 is 1.46. The lowest BCUT2D eigenvalue weighted by atomic mass is 10.1. The summed E-state index contributed by atoms with van der Waals surface area (Å²) in [5, 5.41) is 2.75. The van der Waals surface area contributed by atoms with Crippen molar-refractivity contribution in [1.82, 2.24) is 5.32 Å². The molecule has 1 N–H and O–H groups in total. The molecule has 1 nitrogen and oxygen atoms in total. The first kappa shape index (κ1) is 14.4. The number of rotatable bonds is 5. The van der Waals surface area contributed by atoms with Gasteiger partial charge in [-0.2, -0.15) is 13.2 Å². The molecule has 0 radical (unpaired) electrons. The molecule has 0 heterocycles. The highest BCUT2D eigenvalue weighted by Gasteiger charge is 2.33. The first-order valence-corrected chi connectivity index (χ1v) is 6.45. The van der Waals surface area contributed by atoms with Gasteiger partial charge in [-0.25, -0.2) is 0 Å². The topological polar surface area (TPSA) is 12.0 Å². The van der Waals surface area contributed by atoms with Crippen molar-refractivity contribution in [3.63, 3.8) is 0 Å². The second-order valence-electron chi connectivity index (χ2n) is 3.70. The lowest BCUT2D eigenvalue weighted by Gasteiger charge is -2.14. The third kappa shape index (κ3) is 4.24. The Morgan fingerprint density at radius 2 is 2.00 bits per heavy atom. The van der Waals surface area contributed by atoms with Gasteiger partial charge in [-0.1, -0.05) is 13.0 Å². The Balaban J connectivity index is 3.01. The second kappa shape index (κ2) is 6.31. The average molecular weight is 263 g/mol. The smallest absolute Gasteiger partial charge is 0.316 e. The van der Waals surface area contributed by atoms with Crippen LogP contribution in [0.1, 0.15) is 24.5 Å². The van der Waals surface area contributed by atoms with Gasteiger partial charge in [0.05, 0.1) is 5.56 Å². The zero-order chi connectivity index (χ0) is 12.9. The van der Waals surface area contributed by atoms with E-state index in [0.717, 1.165) is 12.2 Å². The molecule has 0 aliphatic rings. The number of halogens is 3. The van der Waals surface area contributed by atoms with Crippen molar-refractivity contribution < 1.29 is 13.2 Å². The van der Waals surface area contributed by atoms with Gasteiger partial charge in [-0.05, 0) is 36.9 Å². The van der Waals surface area contributed by atoms with E-state index >= 15 is 0 Å². The maximum Gasteiger partial charge on any atom is 0.416 e. The van der Waals surface area contributed by atoms with Crippen LogP contribution < -0.4 is 5.32 Å². The molecule has 0 bridgehead atoms. The Morgan fingerprint density at radius 1 is 1.29 bits per heavy atom. The van der Waals surface area contributed by atoms with Crippen LogP contribution in [0.2, 0.25) is 0 Å². The average Bonchev–Trinajstić information content (AvgIpc) is 2.26. The van der Waals surface area contributed by atoms with Crippen molar-refractivity contribution in [3.8, 4) is 0 Å². The summed E-state index contributed by atoms with van der Waals surface area (Å²) in [4.78, 5) is 0.680. The highest BCUT2D eigenvalue weighted by molar-refractivity contribution is 7.99. The summed E-state index contributed by atoms with van der Waals surface area (Å²) in [6.07, 6.45) is -3.33. The molecule has 0 saturated carbocycles. The van der Waals surface area contributed by atoms with Crippen molar-refractivity contribution in [3.05, 3.63) is 29.3 Å². The quantitative estimate of drug-likeness (QED) is 0.808. The van der Waals surface area contributed by atoms with Crippen LogP contribution in [0.4, 0.5) is 13.2 Å². The highest BCUT2D eigenvalue weighted by Crippen LogP contribution is 2.34. The standard InChI is InChI=1S/C12H16F3NS/c1-3-6-17-10-5-4-9(8-16-2)11(7-10)12(13,14)15/h4-5,7,16H,3,6,8H2,1-2H3. The summed E-state index contributed by atoms with van der Waals surface area (Å²) in [5.74, 6) is 0.836. The number of benzene rings is 1. The molecule has 0 saturated heterocycles. The maximum atomic E-state index is 12.8. The van der Waals surface area contributed by atoms with Crippen molar-refractivity contribution in [2.75, 3.05) is 12.8 Å². The van der Waals surface area contributed by atoms with E-state index in [2.05, 4.69) is 5.32 Å². The fraction of sp³-hybridized carbons (Fsp3) is 0.500. The molecule has 1 aromatic carbocycles. The van der Waals surface area contributed by atoms with E-state index in [9.17, 15) is 13.2 Å². The number of thioether (sulfide) groups is 1. The van der Waals surface area contributed by atoms with Crippen molar-refractivity contribution in [2.24, 2.45) is 0 Å². The molecule has 0 fully saturated rings. The Bertz CT molecular complexity index is 363. The highest BCUT2D eigenvalue weighted by atomic mass is 32.2. The summed E-state index contributed by atoms with van der Waals surface area (Å²) in [6.45, 7) is 2.24. The zero-order valence-corrected chi connectivity index (χ0v) is 10.7. The van der Waals surface area contributed by atoms with Gasteiger partial charge < -0.3 is 5.32 Å². The number of hydrogen-bond donors (Lipinski definition) is 1. The van der Waals surface area contributed by atoms with E-state index in [-0.39, 0.29) is 6.54 Å². The van der Waals surface area contributed by atoms with Gasteiger partial charge in [0.2, 0.25) is 0 Å². The largest absolute Gasteiger partial charge is 0.416 e. The first-order chi connectivity index (χ1) is 7.99. The molecule has 0 aliphatic heterocycles. The molecular formula is C12H16F3NS. The Kier molecular flexibility index (Phi) is 5.33. The van der Waals surface area contributed by atoms with Gasteiger partial charge in [0.15, 0.2) is 0 Å². The van der Waals surface area contributed by atoms with Crippen molar-refractivity contribution in [1.29, 1.82) is 0 Å². The summed E-state index contributed by atoms with van der Waals surface area (Å²) in [6, 6.07) is 4.55. The van der Waals surface area contributed by atoms with Gasteiger partial charge in [-0.15, -0.1) is 11.8 Å². The van der Waals surface area contributed by atoms with Crippen LogP contribution in [0.15, 0.2) is 23.1 Å². The molecular weight excluding hydrogens is 247 g/mol. The monoisotopic (exact) mass is 263 g/mol. The van der Waals surface area contributed by atoms with Gasteiger partial charge in [0.1, 0.15) is 0 Å². The molecule has 0 amide bonds. The third-order valence-corrected chi connectivity index (χ3v) is 3.43. The SMILES string of the molecule is CCCSc1ccc(CNC)c(C(F)(F)F)c1. The predicted molar refractivity (Wildman–Crippen MR) is 65.2 cm³/mol. The number of alkyl halides is 3. The second-order valence-corrected chi connectivity index (χ2v) is 4.86. The molecule has 17 heavy (non-hydrogen) atoms. The van der Waals surface area contributed by atoms with Gasteiger partial charge in [0, 0.05) is 11.4 Å². The summed E-state index contributed by atoms with van der Waals surface area (Å²) < 4.78 is 38.5. The summed E-state index contributed by atoms with van der Waals surface area (Å²) in [5.41, 5.74) is -0.242. The molecule has 0 aromatic heterocycles. The van der Waals surface area contributed by atoms with E-state index in [1.54, 1.807) is 19.2 Å². The predicted octanol–water partition coefficient (Wildman–Crippen LogP) is 3.93. The Morgan fingerprint density at radius 3 is 2.53 bits per heavy atom. The van der Waals surface area contributed by atoms with E-state index in [1.165, 1.54) is 17.8 Å². The van der Waals surface area contributed by atoms with Crippen LogP contribution >= 0.6 is 11.8 Å². The first-order valence-electron chi connectivity index (χ1n) is 5.46. The lowest BCUT2D eigenvalue weighted by molar-refractivity contribution is -0.138. The molecule has 5 heteroatoms. The maximum absolute atomic E-state index is 12.8. The summed E-state index contributed by atoms with van der Waals surface area (Å²) in [7, 11) is 1.64. The van der Waals surface area contributed by atoms with Crippen LogP contribution in [0.3, 0.4) is 0 Å². The molecule has 0 atom stereocenters. The number of hydrogen-bond acceptors (Lipinski definition) is 2. The van der Waals surface area contributed by atoms with Gasteiger partial charge in [0.25, 0.3) is 0 Å². The van der Waals surface area contributed by atoms with E-state index < -0.39 is 11.7 Å². The molecule has 0 spiro atoms. The van der Waals surface area contributed by atoms with Crippen LogP contribution in [0.5, 0.6) is 0 Å². The molecule has 0 unspecified atom stereocenters. The zero-order valence-electron chi connectivity index (χ0n) is 9.90. The fourth-order valence-electron chi connectivity index (χ4n) is 1.47. The minimum absolute atomic E-state index is 0.230. The Labute approximate surface area is 104 Å². The van der Waals surface area contributed by atoms with Crippen LogP contribution in [0.25, 0.3) is 0 Å². The lowest BCUT2D eigenvalue weighted by Crippen LogP contribution is -2.14. The van der Waals surface area contributed by atoms with Crippen molar-refractivity contribution in [2.45, 2.75) is 31.0 Å². The minimum atomic E-state index is -4.28. The van der Waals surface area contributed by atoms with Crippen LogP contribution in [-0.4, -0.2) is 12.8 Å². The molecule has 0 aliphatic carbocycles. The van der Waals surface area contributed by atoms with E-state index in [0.29, 0.717) is 10.5 Å². The van der Waals surface area contributed by atoms with E-state index in [1.807, 2.05) is 6.92 Å². The number of nitrogens with one attached hydrogen (secondary N) is 1. The molecule has 1 rings (SSSR count). The van der Waals surface area contributed by atoms with Crippen LogP contribution in [-0.2, 0) is 12.7 Å².